The molecule has 54 valence electrons. The highest BCUT2D eigenvalue weighted by Gasteiger charge is 1.90. The van der Waals surface area contributed by atoms with Crippen molar-refractivity contribution < 1.29 is 5.11 Å². The molecule has 0 saturated heterocycles. The Morgan fingerprint density at radius 3 is 2.56 bits per heavy atom. The van der Waals surface area contributed by atoms with Crippen LogP contribution in [0.2, 0.25) is 0 Å². The first kappa shape index (κ1) is 8.70. The van der Waals surface area contributed by atoms with Crippen molar-refractivity contribution in [1.29, 1.82) is 0 Å². The number of hydrogen-bond acceptors (Lipinski definition) is 1. The third-order valence-electron chi connectivity index (χ3n) is 1.29. The van der Waals surface area contributed by atoms with Crippen LogP contribution in [0.15, 0.2) is 12.2 Å². The number of aliphatic hydroxyl groups excluding tert-OH is 1. The molecule has 0 heterocycles. The summed E-state index contributed by atoms with van der Waals surface area (Å²) in [7, 11) is 0. The van der Waals surface area contributed by atoms with E-state index >= 15 is 0 Å². The monoisotopic (exact) mass is 128 g/mol. The van der Waals surface area contributed by atoms with Gasteiger partial charge in [-0.3, -0.25) is 0 Å². The molecule has 0 aromatic rings. The molecule has 0 aliphatic rings. The molecule has 0 radical (unpaired) electrons. The molecular formula is C8H16O. The lowest BCUT2D eigenvalue weighted by molar-refractivity contribution is 0.288. The summed E-state index contributed by atoms with van der Waals surface area (Å²) in [5.41, 5.74) is 1.27. The summed E-state index contributed by atoms with van der Waals surface area (Å²) >= 11 is 0. The molecule has 0 aliphatic heterocycles. The fourth-order valence-corrected chi connectivity index (χ4v) is 0.808. The smallest absolute Gasteiger partial charge is 0.0434 e. The van der Waals surface area contributed by atoms with Gasteiger partial charge in [0, 0.05) is 6.61 Å². The lowest BCUT2D eigenvalue weighted by atomic mass is 10.1. The highest BCUT2D eigenvalue weighted by molar-refractivity contribution is 4.92. The third kappa shape index (κ3) is 5.57. The molecule has 1 N–H and O–H groups in total. The van der Waals surface area contributed by atoms with Gasteiger partial charge in [0.15, 0.2) is 0 Å². The molecule has 0 saturated carbocycles. The molecule has 1 nitrogen and oxygen atoms in total. The Morgan fingerprint density at radius 2 is 2.11 bits per heavy atom. The molecule has 9 heavy (non-hydrogen) atoms. The molecule has 0 atom stereocenters. The maximum absolute atomic E-state index is 8.44. The molecule has 0 bridgehead atoms. The van der Waals surface area contributed by atoms with Crippen LogP contribution in [0.3, 0.4) is 0 Å². The zero-order valence-corrected chi connectivity index (χ0v) is 6.19. The minimum Gasteiger partial charge on any atom is -0.396 e. The molecule has 0 aromatic heterocycles. The van der Waals surface area contributed by atoms with E-state index in [1.807, 2.05) is 0 Å². The second kappa shape index (κ2) is 5.83. The van der Waals surface area contributed by atoms with Crippen LogP contribution in [0.5, 0.6) is 0 Å². The predicted molar refractivity (Wildman–Crippen MR) is 40.4 cm³/mol. The topological polar surface area (TPSA) is 20.2 Å². The molecular weight excluding hydrogens is 112 g/mol. The summed E-state index contributed by atoms with van der Waals surface area (Å²) < 4.78 is 0. The zero-order valence-electron chi connectivity index (χ0n) is 6.19. The van der Waals surface area contributed by atoms with Crippen LogP contribution < -0.4 is 0 Å². The van der Waals surface area contributed by atoms with Gasteiger partial charge < -0.3 is 5.11 Å². The second-order valence-corrected chi connectivity index (χ2v) is 2.33. The van der Waals surface area contributed by atoms with E-state index in [-0.39, 0.29) is 0 Å². The van der Waals surface area contributed by atoms with E-state index in [1.165, 1.54) is 12.0 Å². The Bertz CT molecular complexity index is 76.6. The van der Waals surface area contributed by atoms with Crippen molar-refractivity contribution in [2.24, 2.45) is 0 Å². The Labute approximate surface area is 57.4 Å². The first-order valence-corrected chi connectivity index (χ1v) is 3.58. The van der Waals surface area contributed by atoms with Gasteiger partial charge in [0.25, 0.3) is 0 Å². The minimum atomic E-state index is 0.294. The van der Waals surface area contributed by atoms with Crippen molar-refractivity contribution >= 4 is 0 Å². The van der Waals surface area contributed by atoms with Crippen molar-refractivity contribution in [3.8, 4) is 0 Å². The molecule has 1 heteroatoms. The predicted octanol–water partition coefficient (Wildman–Crippen LogP) is 2.12. The average Bonchev–Trinajstić information content (AvgIpc) is 1.85. The van der Waals surface area contributed by atoms with Gasteiger partial charge in [-0.15, -0.1) is 0 Å². The van der Waals surface area contributed by atoms with E-state index in [1.54, 1.807) is 0 Å². The summed E-state index contributed by atoms with van der Waals surface area (Å²) in [5, 5.41) is 8.44. The average molecular weight is 128 g/mol. The van der Waals surface area contributed by atoms with E-state index < -0.39 is 0 Å². The zero-order chi connectivity index (χ0) is 7.11. The Kier molecular flexibility index (Phi) is 5.64. The van der Waals surface area contributed by atoms with Gasteiger partial charge in [-0.2, -0.15) is 0 Å². The summed E-state index contributed by atoms with van der Waals surface area (Å²) in [4.78, 5) is 0. The van der Waals surface area contributed by atoms with Gasteiger partial charge in [-0.05, 0) is 19.3 Å². The van der Waals surface area contributed by atoms with Gasteiger partial charge in [-0.1, -0.05) is 25.5 Å². The number of rotatable bonds is 5. The third-order valence-corrected chi connectivity index (χ3v) is 1.29. The number of allylic oxidation sites excluding steroid dienone is 1. The van der Waals surface area contributed by atoms with E-state index in [0.717, 1.165) is 19.3 Å². The van der Waals surface area contributed by atoms with E-state index in [4.69, 9.17) is 5.11 Å². The van der Waals surface area contributed by atoms with Crippen molar-refractivity contribution in [3.05, 3.63) is 12.2 Å². The van der Waals surface area contributed by atoms with Crippen molar-refractivity contribution in [2.75, 3.05) is 6.61 Å². The fourth-order valence-electron chi connectivity index (χ4n) is 0.808. The molecule has 0 unspecified atom stereocenters. The largest absolute Gasteiger partial charge is 0.396 e. The van der Waals surface area contributed by atoms with Crippen LogP contribution in [0.1, 0.15) is 32.6 Å². The van der Waals surface area contributed by atoms with Crippen LogP contribution in [-0.4, -0.2) is 11.7 Å². The Hall–Kier alpha value is -0.300. The Balaban J connectivity index is 3.06. The maximum Gasteiger partial charge on any atom is 0.0434 e. The highest BCUT2D eigenvalue weighted by Crippen LogP contribution is 2.07. The van der Waals surface area contributed by atoms with Gasteiger partial charge in [0.1, 0.15) is 0 Å². The summed E-state index contributed by atoms with van der Waals surface area (Å²) in [6.07, 6.45) is 4.15. The molecule has 0 amide bonds. The van der Waals surface area contributed by atoms with E-state index in [9.17, 15) is 0 Å². The van der Waals surface area contributed by atoms with Gasteiger partial charge in [-0.25, -0.2) is 0 Å². The van der Waals surface area contributed by atoms with Crippen molar-refractivity contribution in [1.82, 2.24) is 0 Å². The second-order valence-electron chi connectivity index (χ2n) is 2.33. The standard InChI is InChI=1S/C8H16O/c1-3-5-8(2)6-4-7-9/h9H,2-7H2,1H3. The van der Waals surface area contributed by atoms with Gasteiger partial charge in [0.2, 0.25) is 0 Å². The molecule has 0 aliphatic carbocycles. The van der Waals surface area contributed by atoms with Gasteiger partial charge in [0.05, 0.1) is 0 Å². The summed E-state index contributed by atoms with van der Waals surface area (Å²) in [5.74, 6) is 0. The first-order chi connectivity index (χ1) is 4.31. The quantitative estimate of drug-likeness (QED) is 0.562. The minimum absolute atomic E-state index is 0.294. The van der Waals surface area contributed by atoms with Crippen LogP contribution in [0.25, 0.3) is 0 Å². The SMILES string of the molecule is C=C(CCC)CCCO. The lowest BCUT2D eigenvalue weighted by Crippen LogP contribution is -1.85. The summed E-state index contributed by atoms with van der Waals surface area (Å²) in [6.45, 7) is 6.31. The first-order valence-electron chi connectivity index (χ1n) is 3.58. The molecule has 0 rings (SSSR count). The normalized spacial score (nSPS) is 9.56. The van der Waals surface area contributed by atoms with E-state index in [2.05, 4.69) is 13.5 Å². The van der Waals surface area contributed by atoms with E-state index in [0.29, 0.717) is 6.61 Å². The molecule has 0 spiro atoms. The van der Waals surface area contributed by atoms with Crippen LogP contribution in [0, 0.1) is 0 Å². The van der Waals surface area contributed by atoms with Crippen LogP contribution in [-0.2, 0) is 0 Å². The fraction of sp³-hybridized carbons (Fsp3) is 0.750. The number of aliphatic hydroxyl groups is 1. The maximum atomic E-state index is 8.44. The van der Waals surface area contributed by atoms with Gasteiger partial charge >= 0.3 is 0 Å². The van der Waals surface area contributed by atoms with Crippen molar-refractivity contribution in [2.45, 2.75) is 32.6 Å². The molecule has 0 fully saturated rings. The highest BCUT2D eigenvalue weighted by atomic mass is 16.2. The van der Waals surface area contributed by atoms with Crippen molar-refractivity contribution in [3.63, 3.8) is 0 Å². The van der Waals surface area contributed by atoms with Crippen LogP contribution >= 0.6 is 0 Å². The number of hydrogen-bond donors (Lipinski definition) is 1. The van der Waals surface area contributed by atoms with Crippen LogP contribution in [0.4, 0.5) is 0 Å². The summed E-state index contributed by atoms with van der Waals surface area (Å²) in [6, 6.07) is 0. The lowest BCUT2D eigenvalue weighted by Gasteiger charge is -1.99. The molecule has 0 aromatic carbocycles. The Morgan fingerprint density at radius 1 is 1.44 bits per heavy atom.